The molecule has 0 saturated carbocycles. The molecule has 0 aliphatic carbocycles. The number of nitrogens with one attached hydrogen (secondary N) is 1. The highest BCUT2D eigenvalue weighted by molar-refractivity contribution is 5.07. The van der Waals surface area contributed by atoms with Crippen LogP contribution >= 0.6 is 0 Å². The standard InChI is InChI=1S/C13H21N3O/c1-13(7-3-5-9-17-13)12(16-14)10-11-6-2-4-8-15-11/h2,4,6,8,12,16H,3,5,7,9-10,14H2,1H3. The van der Waals surface area contributed by atoms with Crippen molar-refractivity contribution in [1.82, 2.24) is 10.4 Å². The summed E-state index contributed by atoms with van der Waals surface area (Å²) < 4.78 is 5.92. The molecular formula is C13H21N3O. The highest BCUT2D eigenvalue weighted by Crippen LogP contribution is 2.28. The molecule has 0 radical (unpaired) electrons. The molecule has 0 spiro atoms. The van der Waals surface area contributed by atoms with E-state index >= 15 is 0 Å². The van der Waals surface area contributed by atoms with Crippen LogP contribution in [-0.2, 0) is 11.2 Å². The molecule has 2 heterocycles. The van der Waals surface area contributed by atoms with Crippen LogP contribution in [-0.4, -0.2) is 23.2 Å². The van der Waals surface area contributed by atoms with E-state index in [2.05, 4.69) is 17.3 Å². The second-order valence-electron chi connectivity index (χ2n) is 4.86. The molecule has 4 heteroatoms. The molecule has 1 aromatic heterocycles. The Morgan fingerprint density at radius 1 is 1.53 bits per heavy atom. The summed E-state index contributed by atoms with van der Waals surface area (Å²) in [7, 11) is 0. The van der Waals surface area contributed by atoms with Crippen LogP contribution < -0.4 is 11.3 Å². The van der Waals surface area contributed by atoms with Crippen LogP contribution in [0.2, 0.25) is 0 Å². The number of aromatic nitrogens is 1. The number of nitrogens with zero attached hydrogens (tertiary/aromatic N) is 1. The Morgan fingerprint density at radius 2 is 2.41 bits per heavy atom. The lowest BCUT2D eigenvalue weighted by atomic mass is 9.86. The molecule has 2 unspecified atom stereocenters. The highest BCUT2D eigenvalue weighted by Gasteiger charge is 2.36. The Morgan fingerprint density at radius 3 is 3.00 bits per heavy atom. The van der Waals surface area contributed by atoms with Crippen molar-refractivity contribution < 1.29 is 4.74 Å². The quantitative estimate of drug-likeness (QED) is 0.612. The summed E-state index contributed by atoms with van der Waals surface area (Å²) in [5.74, 6) is 5.68. The van der Waals surface area contributed by atoms with E-state index in [1.807, 2.05) is 24.4 Å². The molecule has 2 atom stereocenters. The third kappa shape index (κ3) is 3.03. The van der Waals surface area contributed by atoms with Crippen LogP contribution in [0.4, 0.5) is 0 Å². The third-order valence-corrected chi connectivity index (χ3v) is 3.58. The van der Waals surface area contributed by atoms with Gasteiger partial charge >= 0.3 is 0 Å². The lowest BCUT2D eigenvalue weighted by Crippen LogP contribution is -2.55. The second-order valence-corrected chi connectivity index (χ2v) is 4.86. The fourth-order valence-electron chi connectivity index (χ4n) is 2.41. The number of pyridine rings is 1. The zero-order valence-electron chi connectivity index (χ0n) is 10.4. The van der Waals surface area contributed by atoms with E-state index in [1.54, 1.807) is 0 Å². The summed E-state index contributed by atoms with van der Waals surface area (Å²) in [5.41, 5.74) is 3.77. The van der Waals surface area contributed by atoms with E-state index in [0.717, 1.165) is 31.6 Å². The van der Waals surface area contributed by atoms with Gasteiger partial charge in [-0.3, -0.25) is 16.3 Å². The molecule has 1 fully saturated rings. The maximum Gasteiger partial charge on any atom is 0.0824 e. The summed E-state index contributed by atoms with van der Waals surface area (Å²) in [5, 5.41) is 0. The van der Waals surface area contributed by atoms with Gasteiger partial charge in [-0.2, -0.15) is 0 Å². The molecule has 1 saturated heterocycles. The van der Waals surface area contributed by atoms with Crippen molar-refractivity contribution in [2.75, 3.05) is 6.61 Å². The van der Waals surface area contributed by atoms with Crippen molar-refractivity contribution >= 4 is 0 Å². The normalized spacial score (nSPS) is 26.7. The number of hydrogen-bond acceptors (Lipinski definition) is 4. The number of nitrogens with two attached hydrogens (primary N) is 1. The van der Waals surface area contributed by atoms with Crippen molar-refractivity contribution in [3.63, 3.8) is 0 Å². The summed E-state index contributed by atoms with van der Waals surface area (Å²) in [6.07, 6.45) is 6.02. The van der Waals surface area contributed by atoms with Crippen LogP contribution in [0.25, 0.3) is 0 Å². The van der Waals surface area contributed by atoms with Crippen LogP contribution in [0.5, 0.6) is 0 Å². The van der Waals surface area contributed by atoms with Gasteiger partial charge in [0, 0.05) is 24.9 Å². The SMILES string of the molecule is CC1(C(Cc2ccccn2)NN)CCCCO1. The van der Waals surface area contributed by atoms with Gasteiger partial charge in [-0.15, -0.1) is 0 Å². The minimum Gasteiger partial charge on any atom is -0.374 e. The molecule has 0 aromatic carbocycles. The Kier molecular flexibility index (Phi) is 4.10. The van der Waals surface area contributed by atoms with E-state index < -0.39 is 0 Å². The van der Waals surface area contributed by atoms with Gasteiger partial charge in [0.05, 0.1) is 11.6 Å². The van der Waals surface area contributed by atoms with E-state index in [4.69, 9.17) is 10.6 Å². The van der Waals surface area contributed by atoms with E-state index in [9.17, 15) is 0 Å². The fraction of sp³-hybridized carbons (Fsp3) is 0.615. The zero-order chi connectivity index (χ0) is 12.1. The van der Waals surface area contributed by atoms with Crippen LogP contribution in [0.15, 0.2) is 24.4 Å². The zero-order valence-corrected chi connectivity index (χ0v) is 10.4. The monoisotopic (exact) mass is 235 g/mol. The first kappa shape index (κ1) is 12.5. The van der Waals surface area contributed by atoms with Gasteiger partial charge in [-0.1, -0.05) is 6.07 Å². The number of rotatable bonds is 4. The van der Waals surface area contributed by atoms with Gasteiger partial charge in [0.15, 0.2) is 0 Å². The van der Waals surface area contributed by atoms with Gasteiger partial charge in [0.1, 0.15) is 0 Å². The summed E-state index contributed by atoms with van der Waals surface area (Å²) in [4.78, 5) is 4.34. The summed E-state index contributed by atoms with van der Waals surface area (Å²) >= 11 is 0. The van der Waals surface area contributed by atoms with Gasteiger partial charge in [0.2, 0.25) is 0 Å². The van der Waals surface area contributed by atoms with Crippen molar-refractivity contribution in [3.05, 3.63) is 30.1 Å². The first-order chi connectivity index (χ1) is 8.24. The van der Waals surface area contributed by atoms with Crippen molar-refractivity contribution in [1.29, 1.82) is 0 Å². The van der Waals surface area contributed by atoms with E-state index in [1.165, 1.54) is 6.42 Å². The molecule has 0 amide bonds. The smallest absolute Gasteiger partial charge is 0.0824 e. The highest BCUT2D eigenvalue weighted by atomic mass is 16.5. The number of hydrazine groups is 1. The van der Waals surface area contributed by atoms with E-state index in [0.29, 0.717) is 0 Å². The number of hydrogen-bond donors (Lipinski definition) is 2. The molecule has 3 N–H and O–H groups in total. The van der Waals surface area contributed by atoms with Gasteiger partial charge in [-0.25, -0.2) is 0 Å². The first-order valence-electron chi connectivity index (χ1n) is 6.24. The minimum atomic E-state index is -0.176. The van der Waals surface area contributed by atoms with Crippen LogP contribution in [0.1, 0.15) is 31.9 Å². The number of ether oxygens (including phenoxy) is 1. The predicted molar refractivity (Wildman–Crippen MR) is 67.3 cm³/mol. The molecule has 1 aliphatic heterocycles. The second kappa shape index (κ2) is 5.58. The molecule has 0 bridgehead atoms. The maximum atomic E-state index is 5.92. The molecule has 2 rings (SSSR count). The lowest BCUT2D eigenvalue weighted by Gasteiger charge is -2.40. The van der Waals surface area contributed by atoms with Gasteiger partial charge in [0.25, 0.3) is 0 Å². The van der Waals surface area contributed by atoms with Crippen LogP contribution in [0, 0.1) is 0 Å². The molecule has 1 aromatic rings. The molecule has 4 nitrogen and oxygen atoms in total. The average molecular weight is 235 g/mol. The topological polar surface area (TPSA) is 60.2 Å². The largest absolute Gasteiger partial charge is 0.374 e. The Balaban J connectivity index is 2.05. The van der Waals surface area contributed by atoms with Gasteiger partial charge in [-0.05, 0) is 38.3 Å². The third-order valence-electron chi connectivity index (χ3n) is 3.58. The molecule has 94 valence electrons. The fourth-order valence-corrected chi connectivity index (χ4v) is 2.41. The summed E-state index contributed by atoms with van der Waals surface area (Å²) in [6, 6.07) is 6.06. The Hall–Kier alpha value is -0.970. The van der Waals surface area contributed by atoms with Crippen LogP contribution in [0.3, 0.4) is 0 Å². The maximum absolute atomic E-state index is 5.92. The summed E-state index contributed by atoms with van der Waals surface area (Å²) in [6.45, 7) is 2.97. The predicted octanol–water partition coefficient (Wildman–Crippen LogP) is 1.42. The molecule has 1 aliphatic rings. The van der Waals surface area contributed by atoms with Crippen molar-refractivity contribution in [2.45, 2.75) is 44.2 Å². The Bertz CT molecular complexity index is 336. The molecular weight excluding hydrogens is 214 g/mol. The van der Waals surface area contributed by atoms with Crippen molar-refractivity contribution in [2.24, 2.45) is 5.84 Å². The lowest BCUT2D eigenvalue weighted by molar-refractivity contribution is -0.0886. The van der Waals surface area contributed by atoms with E-state index in [-0.39, 0.29) is 11.6 Å². The first-order valence-corrected chi connectivity index (χ1v) is 6.24. The average Bonchev–Trinajstić information content (AvgIpc) is 2.38. The van der Waals surface area contributed by atoms with Gasteiger partial charge < -0.3 is 4.74 Å². The Labute approximate surface area is 103 Å². The minimum absolute atomic E-state index is 0.109. The molecule has 17 heavy (non-hydrogen) atoms. The van der Waals surface area contributed by atoms with Crippen molar-refractivity contribution in [3.8, 4) is 0 Å².